The number of hydrogen-bond acceptors (Lipinski definition) is 2. The van der Waals surface area contributed by atoms with E-state index in [2.05, 4.69) is 11.8 Å². The van der Waals surface area contributed by atoms with Crippen molar-refractivity contribution < 1.29 is 9.90 Å². The SMILES string of the molecule is CC(c1ccc(Cl)cc1)N(C)C/C=C/C(=O)O. The van der Waals surface area contributed by atoms with E-state index < -0.39 is 5.97 Å². The molecule has 0 saturated heterocycles. The van der Waals surface area contributed by atoms with Gasteiger partial charge in [0.05, 0.1) is 0 Å². The van der Waals surface area contributed by atoms with Crippen molar-refractivity contribution in [3.8, 4) is 0 Å². The average molecular weight is 254 g/mol. The molecule has 1 rings (SSSR count). The molecule has 0 aliphatic rings. The Morgan fingerprint density at radius 1 is 1.47 bits per heavy atom. The molecule has 0 aromatic heterocycles. The van der Waals surface area contributed by atoms with Crippen LogP contribution in [0.5, 0.6) is 0 Å². The van der Waals surface area contributed by atoms with E-state index in [-0.39, 0.29) is 6.04 Å². The van der Waals surface area contributed by atoms with Crippen LogP contribution < -0.4 is 0 Å². The fraction of sp³-hybridized carbons (Fsp3) is 0.308. The van der Waals surface area contributed by atoms with E-state index in [0.29, 0.717) is 6.54 Å². The molecule has 0 radical (unpaired) electrons. The molecule has 92 valence electrons. The summed E-state index contributed by atoms with van der Waals surface area (Å²) in [6, 6.07) is 7.88. The van der Waals surface area contributed by atoms with Gasteiger partial charge in [0, 0.05) is 23.7 Å². The van der Waals surface area contributed by atoms with Crippen molar-refractivity contribution in [2.24, 2.45) is 0 Å². The van der Waals surface area contributed by atoms with Crippen molar-refractivity contribution in [1.82, 2.24) is 4.90 Å². The number of aliphatic carboxylic acids is 1. The van der Waals surface area contributed by atoms with Gasteiger partial charge in [-0.2, -0.15) is 0 Å². The highest BCUT2D eigenvalue weighted by atomic mass is 35.5. The van der Waals surface area contributed by atoms with Crippen LogP contribution in [-0.2, 0) is 4.79 Å². The van der Waals surface area contributed by atoms with Crippen molar-refractivity contribution in [2.75, 3.05) is 13.6 Å². The summed E-state index contributed by atoms with van der Waals surface area (Å²) < 4.78 is 0. The molecule has 0 aliphatic carbocycles. The quantitative estimate of drug-likeness (QED) is 0.821. The van der Waals surface area contributed by atoms with Crippen molar-refractivity contribution in [2.45, 2.75) is 13.0 Å². The summed E-state index contributed by atoms with van der Waals surface area (Å²) in [5, 5.41) is 9.21. The molecule has 0 bridgehead atoms. The Balaban J connectivity index is 2.60. The van der Waals surface area contributed by atoms with Crippen LogP contribution >= 0.6 is 11.6 Å². The monoisotopic (exact) mass is 253 g/mol. The summed E-state index contributed by atoms with van der Waals surface area (Å²) in [7, 11) is 1.95. The third-order valence-corrected chi connectivity index (χ3v) is 2.92. The summed E-state index contributed by atoms with van der Waals surface area (Å²) in [6.07, 6.45) is 2.79. The second kappa shape index (κ2) is 6.42. The number of carboxylic acid groups (broad SMARTS) is 1. The van der Waals surface area contributed by atoms with Crippen LogP contribution in [0.2, 0.25) is 5.02 Å². The number of hydrogen-bond donors (Lipinski definition) is 1. The highest BCUT2D eigenvalue weighted by Gasteiger charge is 2.09. The smallest absolute Gasteiger partial charge is 0.328 e. The minimum Gasteiger partial charge on any atom is -0.478 e. The minimum atomic E-state index is -0.919. The largest absolute Gasteiger partial charge is 0.478 e. The van der Waals surface area contributed by atoms with Crippen molar-refractivity contribution >= 4 is 17.6 Å². The molecular weight excluding hydrogens is 238 g/mol. The number of carboxylic acids is 1. The molecular formula is C13H16ClNO2. The van der Waals surface area contributed by atoms with Gasteiger partial charge in [0.1, 0.15) is 0 Å². The van der Waals surface area contributed by atoms with Crippen LogP contribution in [0.3, 0.4) is 0 Å². The number of benzene rings is 1. The molecule has 3 nitrogen and oxygen atoms in total. The highest BCUT2D eigenvalue weighted by Crippen LogP contribution is 2.20. The summed E-state index contributed by atoms with van der Waals surface area (Å²) in [6.45, 7) is 2.66. The lowest BCUT2D eigenvalue weighted by atomic mass is 10.1. The van der Waals surface area contributed by atoms with Crippen molar-refractivity contribution in [1.29, 1.82) is 0 Å². The first-order valence-electron chi connectivity index (χ1n) is 5.36. The first-order chi connectivity index (χ1) is 8.00. The van der Waals surface area contributed by atoms with Gasteiger partial charge >= 0.3 is 5.97 Å². The lowest BCUT2D eigenvalue weighted by Gasteiger charge is -2.23. The maximum atomic E-state index is 10.3. The number of carbonyl (C=O) groups is 1. The molecule has 1 N–H and O–H groups in total. The molecule has 0 saturated carbocycles. The number of likely N-dealkylation sites (N-methyl/N-ethyl adjacent to an activating group) is 1. The van der Waals surface area contributed by atoms with Gasteiger partial charge in [-0.15, -0.1) is 0 Å². The van der Waals surface area contributed by atoms with Crippen LogP contribution in [0, 0.1) is 0 Å². The molecule has 0 spiro atoms. The molecule has 1 unspecified atom stereocenters. The van der Waals surface area contributed by atoms with Crippen LogP contribution in [0.25, 0.3) is 0 Å². The Kier molecular flexibility index (Phi) is 5.19. The van der Waals surface area contributed by atoms with Crippen LogP contribution in [0.4, 0.5) is 0 Å². The Morgan fingerprint density at radius 2 is 2.06 bits per heavy atom. The zero-order chi connectivity index (χ0) is 12.8. The lowest BCUT2D eigenvalue weighted by Crippen LogP contribution is -2.22. The lowest BCUT2D eigenvalue weighted by molar-refractivity contribution is -0.131. The third-order valence-electron chi connectivity index (χ3n) is 2.67. The maximum Gasteiger partial charge on any atom is 0.328 e. The highest BCUT2D eigenvalue weighted by molar-refractivity contribution is 6.30. The van der Waals surface area contributed by atoms with Crippen LogP contribution in [0.15, 0.2) is 36.4 Å². The summed E-state index contributed by atoms with van der Waals surface area (Å²) in [4.78, 5) is 12.4. The van der Waals surface area contributed by atoms with E-state index in [1.807, 2.05) is 31.3 Å². The molecule has 0 heterocycles. The molecule has 1 aromatic rings. The van der Waals surface area contributed by atoms with E-state index in [1.54, 1.807) is 6.08 Å². The minimum absolute atomic E-state index is 0.214. The van der Waals surface area contributed by atoms with Gasteiger partial charge in [-0.3, -0.25) is 4.90 Å². The van der Waals surface area contributed by atoms with Crippen molar-refractivity contribution in [3.63, 3.8) is 0 Å². The van der Waals surface area contributed by atoms with Gasteiger partial charge in [0.15, 0.2) is 0 Å². The summed E-state index contributed by atoms with van der Waals surface area (Å²) in [5.74, 6) is -0.919. The van der Waals surface area contributed by atoms with E-state index in [9.17, 15) is 4.79 Å². The molecule has 1 atom stereocenters. The summed E-state index contributed by atoms with van der Waals surface area (Å²) >= 11 is 5.82. The van der Waals surface area contributed by atoms with E-state index in [1.165, 1.54) is 0 Å². The zero-order valence-corrected chi connectivity index (χ0v) is 10.7. The fourth-order valence-corrected chi connectivity index (χ4v) is 1.60. The third kappa shape index (κ3) is 4.59. The van der Waals surface area contributed by atoms with E-state index >= 15 is 0 Å². The Morgan fingerprint density at radius 3 is 2.59 bits per heavy atom. The molecule has 4 heteroatoms. The van der Waals surface area contributed by atoms with Gasteiger partial charge in [0.25, 0.3) is 0 Å². The first kappa shape index (κ1) is 13.7. The molecule has 0 aliphatic heterocycles. The van der Waals surface area contributed by atoms with Gasteiger partial charge in [-0.05, 0) is 31.7 Å². The number of halogens is 1. The van der Waals surface area contributed by atoms with Gasteiger partial charge in [-0.25, -0.2) is 4.79 Å². The normalized spacial score (nSPS) is 13.2. The zero-order valence-electron chi connectivity index (χ0n) is 9.93. The first-order valence-corrected chi connectivity index (χ1v) is 5.73. The van der Waals surface area contributed by atoms with Gasteiger partial charge < -0.3 is 5.11 Å². The molecule has 0 amide bonds. The topological polar surface area (TPSA) is 40.5 Å². The molecule has 17 heavy (non-hydrogen) atoms. The Hall–Kier alpha value is -1.32. The van der Waals surface area contributed by atoms with Gasteiger partial charge in [0.2, 0.25) is 0 Å². The average Bonchev–Trinajstić information content (AvgIpc) is 2.28. The van der Waals surface area contributed by atoms with Gasteiger partial charge in [-0.1, -0.05) is 29.8 Å². The second-order valence-electron chi connectivity index (χ2n) is 3.91. The van der Waals surface area contributed by atoms with E-state index in [4.69, 9.17) is 16.7 Å². The predicted molar refractivity (Wildman–Crippen MR) is 69.3 cm³/mol. The Labute approximate surface area is 106 Å². The van der Waals surface area contributed by atoms with Crippen LogP contribution in [-0.4, -0.2) is 29.6 Å². The number of rotatable bonds is 5. The maximum absolute atomic E-state index is 10.3. The summed E-state index contributed by atoms with van der Waals surface area (Å²) in [5.41, 5.74) is 1.15. The van der Waals surface area contributed by atoms with Crippen molar-refractivity contribution in [3.05, 3.63) is 47.0 Å². The molecule has 0 fully saturated rings. The Bertz CT molecular complexity index is 400. The molecule has 1 aromatic carbocycles. The number of nitrogens with zero attached hydrogens (tertiary/aromatic N) is 1. The van der Waals surface area contributed by atoms with Crippen LogP contribution in [0.1, 0.15) is 18.5 Å². The second-order valence-corrected chi connectivity index (χ2v) is 4.34. The fourth-order valence-electron chi connectivity index (χ4n) is 1.47. The standard InChI is InChI=1S/C13H16ClNO2/c1-10(11-5-7-12(14)8-6-11)15(2)9-3-4-13(16)17/h3-8,10H,9H2,1-2H3,(H,16,17)/b4-3+. The van der Waals surface area contributed by atoms with E-state index in [0.717, 1.165) is 16.7 Å². The predicted octanol–water partition coefficient (Wildman–Crippen LogP) is 2.97.